The van der Waals surface area contributed by atoms with E-state index in [1.807, 2.05) is 37.3 Å². The third kappa shape index (κ3) is 5.58. The SMILES string of the molecule is Cc1ccc2c3c(ccc2n1)OCC(C#CN1CCCN(c2ccc4cc(OC(F)(F)F)ccc4n2)CC1)O3. The van der Waals surface area contributed by atoms with Gasteiger partial charge in [-0.15, -0.1) is 13.2 Å². The molecule has 10 heteroatoms. The number of ether oxygens (including phenoxy) is 3. The topological polar surface area (TPSA) is 60.0 Å². The second kappa shape index (κ2) is 10.1. The zero-order valence-electron chi connectivity index (χ0n) is 21.2. The fraction of sp³-hybridized carbons (Fsp3) is 0.310. The molecule has 4 aromatic rings. The number of fused-ring (bicyclic) bond motifs is 4. The zero-order chi connectivity index (χ0) is 27.0. The number of hydrogen-bond acceptors (Lipinski definition) is 7. The fourth-order valence-corrected chi connectivity index (χ4v) is 4.79. The average molecular weight is 535 g/mol. The Labute approximate surface area is 223 Å². The van der Waals surface area contributed by atoms with Gasteiger partial charge in [0.05, 0.1) is 11.0 Å². The predicted octanol–water partition coefficient (Wildman–Crippen LogP) is 5.30. The highest BCUT2D eigenvalue weighted by atomic mass is 19.4. The second-order valence-corrected chi connectivity index (χ2v) is 9.49. The van der Waals surface area contributed by atoms with Crippen LogP contribution >= 0.6 is 0 Å². The number of aromatic nitrogens is 2. The van der Waals surface area contributed by atoms with Gasteiger partial charge in [-0.2, -0.15) is 0 Å². The molecule has 0 bridgehead atoms. The van der Waals surface area contributed by atoms with Crippen molar-refractivity contribution in [2.24, 2.45) is 0 Å². The van der Waals surface area contributed by atoms with Crippen LogP contribution in [-0.4, -0.2) is 60.1 Å². The first kappa shape index (κ1) is 24.9. The maximum atomic E-state index is 12.5. The Morgan fingerprint density at radius 1 is 0.949 bits per heavy atom. The van der Waals surface area contributed by atoms with Gasteiger partial charge in [-0.25, -0.2) is 4.98 Å². The van der Waals surface area contributed by atoms with Crippen LogP contribution < -0.4 is 19.1 Å². The van der Waals surface area contributed by atoms with Crippen molar-refractivity contribution >= 4 is 27.6 Å². The number of halogens is 3. The van der Waals surface area contributed by atoms with Crippen LogP contribution in [0.4, 0.5) is 19.0 Å². The van der Waals surface area contributed by atoms with Gasteiger partial charge in [-0.3, -0.25) is 4.98 Å². The molecule has 200 valence electrons. The molecule has 2 aromatic heterocycles. The lowest BCUT2D eigenvalue weighted by atomic mass is 10.1. The standard InChI is InChI=1S/C29H25F3N4O3/c1-19-3-6-23-25(33-19)8-9-26-28(23)38-22(18-37-26)11-14-35-12-2-13-36(16-15-35)27-10-4-20-17-21(39-29(30,31)32)5-7-24(20)34-27/h3-10,17,22H,2,12-13,15-16,18H2,1H3. The zero-order valence-corrected chi connectivity index (χ0v) is 21.2. The monoisotopic (exact) mass is 534 g/mol. The lowest BCUT2D eigenvalue weighted by molar-refractivity contribution is -0.274. The lowest BCUT2D eigenvalue weighted by Gasteiger charge is -2.25. The molecule has 0 amide bonds. The Bertz CT molecular complexity index is 1600. The Morgan fingerprint density at radius 3 is 2.69 bits per heavy atom. The summed E-state index contributed by atoms with van der Waals surface area (Å²) in [5.74, 6) is 5.11. The van der Waals surface area contributed by atoms with Crippen molar-refractivity contribution in [2.75, 3.05) is 37.7 Å². The van der Waals surface area contributed by atoms with Crippen LogP contribution in [0.5, 0.6) is 17.2 Å². The van der Waals surface area contributed by atoms with E-state index in [4.69, 9.17) is 9.47 Å². The van der Waals surface area contributed by atoms with Gasteiger partial charge >= 0.3 is 6.36 Å². The molecule has 1 saturated heterocycles. The van der Waals surface area contributed by atoms with E-state index in [1.165, 1.54) is 12.1 Å². The number of aryl methyl sites for hydroxylation is 1. The van der Waals surface area contributed by atoms with Crippen LogP contribution in [0.15, 0.2) is 54.6 Å². The predicted molar refractivity (Wildman–Crippen MR) is 141 cm³/mol. The van der Waals surface area contributed by atoms with E-state index in [2.05, 4.69) is 36.5 Å². The van der Waals surface area contributed by atoms with Crippen molar-refractivity contribution in [3.8, 4) is 29.2 Å². The van der Waals surface area contributed by atoms with Crippen molar-refractivity contribution in [1.29, 1.82) is 0 Å². The first-order valence-corrected chi connectivity index (χ1v) is 12.7. The van der Waals surface area contributed by atoms with Gasteiger partial charge in [0.25, 0.3) is 0 Å². The number of hydrogen-bond donors (Lipinski definition) is 0. The molecular weight excluding hydrogens is 509 g/mol. The minimum absolute atomic E-state index is 0.260. The second-order valence-electron chi connectivity index (χ2n) is 9.49. The minimum Gasteiger partial charge on any atom is -0.485 e. The van der Waals surface area contributed by atoms with Gasteiger partial charge in [-0.1, -0.05) is 0 Å². The van der Waals surface area contributed by atoms with Crippen LogP contribution in [0.2, 0.25) is 0 Å². The summed E-state index contributed by atoms with van der Waals surface area (Å²) >= 11 is 0. The van der Waals surface area contributed by atoms with Gasteiger partial charge in [0.2, 0.25) is 0 Å². The van der Waals surface area contributed by atoms with E-state index in [1.54, 1.807) is 12.1 Å². The van der Waals surface area contributed by atoms with Gasteiger partial charge in [-0.05, 0) is 73.9 Å². The lowest BCUT2D eigenvalue weighted by Crippen LogP contribution is -2.30. The van der Waals surface area contributed by atoms with Crippen molar-refractivity contribution < 1.29 is 27.4 Å². The quantitative estimate of drug-likeness (QED) is 0.324. The van der Waals surface area contributed by atoms with Gasteiger partial charge in [0.1, 0.15) is 18.2 Å². The molecule has 0 aliphatic carbocycles. The number of anilines is 1. The van der Waals surface area contributed by atoms with Crippen LogP contribution in [0.25, 0.3) is 21.8 Å². The molecule has 6 rings (SSSR count). The van der Waals surface area contributed by atoms with E-state index in [9.17, 15) is 13.2 Å². The third-order valence-corrected chi connectivity index (χ3v) is 6.66. The summed E-state index contributed by atoms with van der Waals surface area (Å²) < 4.78 is 53.8. The first-order valence-electron chi connectivity index (χ1n) is 12.7. The molecule has 2 aromatic carbocycles. The summed E-state index contributed by atoms with van der Waals surface area (Å²) in [6, 6.07) is 18.8. The number of alkyl halides is 3. The van der Waals surface area contributed by atoms with Gasteiger partial charge in [0, 0.05) is 48.7 Å². The molecule has 0 saturated carbocycles. The largest absolute Gasteiger partial charge is 0.573 e. The summed E-state index contributed by atoms with van der Waals surface area (Å²) in [6.45, 7) is 5.31. The molecule has 39 heavy (non-hydrogen) atoms. The molecule has 4 heterocycles. The molecule has 2 aliphatic heterocycles. The summed E-state index contributed by atoms with van der Waals surface area (Å²) in [4.78, 5) is 13.5. The van der Waals surface area contributed by atoms with Crippen LogP contribution in [0.1, 0.15) is 12.1 Å². The molecule has 7 nitrogen and oxygen atoms in total. The van der Waals surface area contributed by atoms with E-state index < -0.39 is 12.5 Å². The van der Waals surface area contributed by atoms with Gasteiger partial charge in [0.15, 0.2) is 17.6 Å². The van der Waals surface area contributed by atoms with Crippen LogP contribution in [0.3, 0.4) is 0 Å². The molecule has 1 fully saturated rings. The highest BCUT2D eigenvalue weighted by Crippen LogP contribution is 2.38. The molecule has 0 radical (unpaired) electrons. The van der Waals surface area contributed by atoms with Crippen LogP contribution in [-0.2, 0) is 0 Å². The number of nitrogens with zero attached hydrogens (tertiary/aromatic N) is 4. The molecular formula is C29H25F3N4O3. The van der Waals surface area contributed by atoms with Crippen LogP contribution in [0, 0.1) is 18.9 Å². The smallest absolute Gasteiger partial charge is 0.485 e. The van der Waals surface area contributed by atoms with E-state index in [-0.39, 0.29) is 5.75 Å². The van der Waals surface area contributed by atoms with E-state index >= 15 is 0 Å². The number of benzene rings is 2. The van der Waals surface area contributed by atoms with Crippen molar-refractivity contribution in [1.82, 2.24) is 14.9 Å². The summed E-state index contributed by atoms with van der Waals surface area (Å²) in [5, 5.41) is 1.49. The summed E-state index contributed by atoms with van der Waals surface area (Å²) in [6.07, 6.45) is -4.24. The highest BCUT2D eigenvalue weighted by molar-refractivity contribution is 5.88. The Kier molecular flexibility index (Phi) is 6.43. The molecule has 1 unspecified atom stereocenters. The normalized spacial score (nSPS) is 17.5. The summed E-state index contributed by atoms with van der Waals surface area (Å²) in [5.41, 5.74) is 2.40. The molecule has 0 spiro atoms. The van der Waals surface area contributed by atoms with Crippen molar-refractivity contribution in [3.63, 3.8) is 0 Å². The first-order chi connectivity index (χ1) is 18.8. The maximum Gasteiger partial charge on any atom is 0.573 e. The molecule has 2 aliphatic rings. The third-order valence-electron chi connectivity index (χ3n) is 6.66. The Hall–Kier alpha value is -4.39. The average Bonchev–Trinajstić information content (AvgIpc) is 3.16. The Morgan fingerprint density at radius 2 is 1.82 bits per heavy atom. The van der Waals surface area contributed by atoms with Crippen molar-refractivity contribution in [2.45, 2.75) is 25.8 Å². The Balaban J connectivity index is 1.11. The van der Waals surface area contributed by atoms with E-state index in [0.29, 0.717) is 42.1 Å². The van der Waals surface area contributed by atoms with Gasteiger partial charge < -0.3 is 24.0 Å². The maximum absolute atomic E-state index is 12.5. The number of pyridine rings is 2. The minimum atomic E-state index is -4.73. The molecule has 1 atom stereocenters. The highest BCUT2D eigenvalue weighted by Gasteiger charge is 2.31. The fourth-order valence-electron chi connectivity index (χ4n) is 4.79. The molecule has 0 N–H and O–H groups in total. The number of rotatable bonds is 2. The van der Waals surface area contributed by atoms with E-state index in [0.717, 1.165) is 41.9 Å². The van der Waals surface area contributed by atoms with Crippen molar-refractivity contribution in [3.05, 3.63) is 60.3 Å². The summed E-state index contributed by atoms with van der Waals surface area (Å²) in [7, 11) is 0.